The fraction of sp³-hybridized carbons (Fsp3) is 0.900. The van der Waals surface area contributed by atoms with Crippen molar-refractivity contribution in [3.63, 3.8) is 0 Å². The van der Waals surface area contributed by atoms with E-state index in [1.807, 2.05) is 20.8 Å². The molecule has 0 aromatic heterocycles. The summed E-state index contributed by atoms with van der Waals surface area (Å²) in [6.45, 7) is 6.66. The number of fused-ring (bicyclic) bond motifs is 1. The summed E-state index contributed by atoms with van der Waals surface area (Å²) in [5, 5.41) is 10.0. The number of hydrogen-bond acceptors (Lipinski definition) is 2. The first-order chi connectivity index (χ1) is 6.43. The minimum atomic E-state index is -0.620. The van der Waals surface area contributed by atoms with Crippen molar-refractivity contribution in [2.45, 2.75) is 51.4 Å². The quantitative estimate of drug-likeness (QED) is 0.631. The van der Waals surface area contributed by atoms with Crippen molar-refractivity contribution in [2.24, 2.45) is 0 Å². The topological polar surface area (TPSA) is 43.8 Å². The van der Waals surface area contributed by atoms with E-state index in [0.29, 0.717) is 0 Å². The van der Waals surface area contributed by atoms with E-state index in [4.69, 9.17) is 0 Å². The summed E-state index contributed by atoms with van der Waals surface area (Å²) in [7, 11) is 0. The van der Waals surface area contributed by atoms with Gasteiger partial charge in [0.25, 0.3) is 0 Å². The Morgan fingerprint density at radius 2 is 2.07 bits per heavy atom. The van der Waals surface area contributed by atoms with Crippen molar-refractivity contribution in [3.8, 4) is 0 Å². The molecule has 2 fully saturated rings. The normalized spacial score (nSPS) is 32.7. The molecule has 0 aliphatic carbocycles. The van der Waals surface area contributed by atoms with E-state index in [1.54, 1.807) is 9.80 Å². The van der Waals surface area contributed by atoms with Crippen LogP contribution in [0.25, 0.3) is 0 Å². The predicted molar refractivity (Wildman–Crippen MR) is 52.7 cm³/mol. The SMILES string of the molecule is CC(C)(C)N1C(=O)N2CCCC2C1O. The molecule has 2 atom stereocenters. The van der Waals surface area contributed by atoms with Crippen LogP contribution in [0.1, 0.15) is 33.6 Å². The zero-order valence-corrected chi connectivity index (χ0v) is 9.03. The van der Waals surface area contributed by atoms with E-state index in [1.165, 1.54) is 0 Å². The summed E-state index contributed by atoms with van der Waals surface area (Å²) < 4.78 is 0. The van der Waals surface area contributed by atoms with E-state index in [9.17, 15) is 9.90 Å². The van der Waals surface area contributed by atoms with Crippen molar-refractivity contribution in [1.29, 1.82) is 0 Å². The Balaban J connectivity index is 2.26. The third-order valence-electron chi connectivity index (χ3n) is 3.08. The molecule has 0 aromatic rings. The summed E-state index contributed by atoms with van der Waals surface area (Å²) >= 11 is 0. The monoisotopic (exact) mass is 198 g/mol. The van der Waals surface area contributed by atoms with Crippen molar-refractivity contribution in [1.82, 2.24) is 9.80 Å². The number of amides is 2. The van der Waals surface area contributed by atoms with E-state index in [0.717, 1.165) is 19.4 Å². The zero-order chi connectivity index (χ0) is 10.5. The van der Waals surface area contributed by atoms with Gasteiger partial charge in [0, 0.05) is 12.1 Å². The smallest absolute Gasteiger partial charge is 0.322 e. The highest BCUT2D eigenvalue weighted by atomic mass is 16.3. The van der Waals surface area contributed by atoms with E-state index >= 15 is 0 Å². The third kappa shape index (κ3) is 1.21. The molecule has 2 unspecified atom stereocenters. The Bertz CT molecular complexity index is 259. The molecule has 80 valence electrons. The lowest BCUT2D eigenvalue weighted by molar-refractivity contribution is -0.00665. The van der Waals surface area contributed by atoms with Gasteiger partial charge in [-0.2, -0.15) is 0 Å². The number of nitrogens with zero attached hydrogens (tertiary/aromatic N) is 2. The van der Waals surface area contributed by atoms with Crippen LogP contribution in [0, 0.1) is 0 Å². The molecule has 0 saturated carbocycles. The highest BCUT2D eigenvalue weighted by Crippen LogP contribution is 2.34. The van der Waals surface area contributed by atoms with Crippen LogP contribution in [0.15, 0.2) is 0 Å². The fourth-order valence-electron chi connectivity index (χ4n) is 2.45. The van der Waals surface area contributed by atoms with Crippen LogP contribution in [-0.2, 0) is 0 Å². The summed E-state index contributed by atoms with van der Waals surface area (Å²) in [4.78, 5) is 15.3. The van der Waals surface area contributed by atoms with E-state index in [-0.39, 0.29) is 17.6 Å². The third-order valence-corrected chi connectivity index (χ3v) is 3.08. The van der Waals surface area contributed by atoms with Gasteiger partial charge in [-0.25, -0.2) is 4.79 Å². The molecule has 4 nitrogen and oxygen atoms in total. The molecule has 0 aromatic carbocycles. The van der Waals surface area contributed by atoms with Crippen LogP contribution < -0.4 is 0 Å². The van der Waals surface area contributed by atoms with Crippen LogP contribution in [0.2, 0.25) is 0 Å². The van der Waals surface area contributed by atoms with E-state index in [2.05, 4.69) is 0 Å². The largest absolute Gasteiger partial charge is 0.371 e. The van der Waals surface area contributed by atoms with Crippen molar-refractivity contribution < 1.29 is 9.90 Å². The Morgan fingerprint density at radius 1 is 1.43 bits per heavy atom. The van der Waals surface area contributed by atoms with Crippen LogP contribution in [-0.4, -0.2) is 45.3 Å². The van der Waals surface area contributed by atoms with Crippen LogP contribution in [0.5, 0.6) is 0 Å². The first-order valence-corrected chi connectivity index (χ1v) is 5.21. The van der Waals surface area contributed by atoms with Crippen molar-refractivity contribution >= 4 is 6.03 Å². The highest BCUT2D eigenvalue weighted by Gasteiger charge is 2.50. The van der Waals surface area contributed by atoms with Gasteiger partial charge < -0.3 is 10.0 Å². The first-order valence-electron chi connectivity index (χ1n) is 5.21. The van der Waals surface area contributed by atoms with Gasteiger partial charge in [0.1, 0.15) is 0 Å². The van der Waals surface area contributed by atoms with Gasteiger partial charge in [-0.05, 0) is 33.6 Å². The van der Waals surface area contributed by atoms with E-state index < -0.39 is 6.23 Å². The van der Waals surface area contributed by atoms with Gasteiger partial charge in [0.15, 0.2) is 6.23 Å². The number of carbonyl (C=O) groups excluding carboxylic acids is 1. The van der Waals surface area contributed by atoms with Crippen LogP contribution >= 0.6 is 0 Å². The van der Waals surface area contributed by atoms with Gasteiger partial charge in [-0.15, -0.1) is 0 Å². The molecule has 2 aliphatic heterocycles. The predicted octanol–water partition coefficient (Wildman–Crippen LogP) is 1.00. The lowest BCUT2D eigenvalue weighted by Gasteiger charge is -2.34. The molecule has 2 amide bonds. The van der Waals surface area contributed by atoms with Crippen molar-refractivity contribution in [2.75, 3.05) is 6.54 Å². The molecule has 2 heterocycles. The summed E-state index contributed by atoms with van der Waals surface area (Å²) in [6, 6.07) is 0.0224. The summed E-state index contributed by atoms with van der Waals surface area (Å²) in [5.74, 6) is 0. The number of carbonyl (C=O) groups is 1. The minimum absolute atomic E-state index is 0.00694. The molecule has 2 saturated heterocycles. The zero-order valence-electron chi connectivity index (χ0n) is 9.03. The second-order valence-electron chi connectivity index (χ2n) is 5.14. The number of rotatable bonds is 0. The highest BCUT2D eigenvalue weighted by molar-refractivity contribution is 5.78. The van der Waals surface area contributed by atoms with Gasteiger partial charge in [0.05, 0.1) is 6.04 Å². The molecule has 4 heteroatoms. The molecule has 2 rings (SSSR count). The molecule has 0 radical (unpaired) electrons. The summed E-state index contributed by atoms with van der Waals surface area (Å²) in [6.07, 6.45) is 1.33. The molecule has 1 N–H and O–H groups in total. The van der Waals surface area contributed by atoms with Crippen LogP contribution in [0.4, 0.5) is 4.79 Å². The maximum absolute atomic E-state index is 11.9. The Labute approximate surface area is 84.5 Å². The number of aliphatic hydroxyl groups excluding tert-OH is 1. The van der Waals surface area contributed by atoms with Crippen molar-refractivity contribution in [3.05, 3.63) is 0 Å². The Kier molecular flexibility index (Phi) is 2.00. The van der Waals surface area contributed by atoms with Gasteiger partial charge >= 0.3 is 6.03 Å². The van der Waals surface area contributed by atoms with Gasteiger partial charge in [0.2, 0.25) is 0 Å². The molecule has 14 heavy (non-hydrogen) atoms. The summed E-state index contributed by atoms with van der Waals surface area (Å²) in [5.41, 5.74) is -0.291. The maximum Gasteiger partial charge on any atom is 0.322 e. The lowest BCUT2D eigenvalue weighted by Crippen LogP contribution is -2.49. The maximum atomic E-state index is 11.9. The Morgan fingerprint density at radius 3 is 2.57 bits per heavy atom. The average Bonchev–Trinajstić information content (AvgIpc) is 2.54. The number of hydrogen-bond donors (Lipinski definition) is 1. The molecular formula is C10H18N2O2. The minimum Gasteiger partial charge on any atom is -0.371 e. The molecule has 0 spiro atoms. The average molecular weight is 198 g/mol. The Hall–Kier alpha value is -0.770. The molecule has 2 aliphatic rings. The standard InChI is InChI=1S/C10H18N2O2/c1-10(2,3)12-8(13)7-5-4-6-11(7)9(12)14/h7-8,13H,4-6H2,1-3H3. The first kappa shape index (κ1) is 9.77. The van der Waals surface area contributed by atoms with Crippen LogP contribution in [0.3, 0.4) is 0 Å². The second kappa shape index (κ2) is 2.86. The molecular weight excluding hydrogens is 180 g/mol. The fourth-order valence-corrected chi connectivity index (χ4v) is 2.45. The second-order valence-corrected chi connectivity index (χ2v) is 5.14. The lowest BCUT2D eigenvalue weighted by atomic mass is 10.1. The number of aliphatic hydroxyl groups is 1. The van der Waals surface area contributed by atoms with Gasteiger partial charge in [-0.1, -0.05) is 0 Å². The van der Waals surface area contributed by atoms with Gasteiger partial charge in [-0.3, -0.25) is 4.90 Å². The number of urea groups is 1. The molecule has 0 bridgehead atoms.